The zero-order valence-electron chi connectivity index (χ0n) is 17.3. The molecule has 0 heterocycles. The second kappa shape index (κ2) is 10.9. The van der Waals surface area contributed by atoms with Gasteiger partial charge in [0.25, 0.3) is 0 Å². The Bertz CT molecular complexity index is 413. The van der Waals surface area contributed by atoms with Crippen LogP contribution in [0.2, 0.25) is 13.3 Å². The molecular weight excluding hydrogens is 397 g/mol. The maximum atomic E-state index is 2.45. The summed E-state index contributed by atoms with van der Waals surface area (Å²) in [6.45, 7) is 7.12. The van der Waals surface area contributed by atoms with Gasteiger partial charge in [0.2, 0.25) is 0 Å². The van der Waals surface area contributed by atoms with Crippen molar-refractivity contribution in [2.45, 2.75) is 76.7 Å². The Kier molecular flexibility index (Phi) is 9.96. The number of nitrogens with zero attached hydrogens (tertiary/aromatic N) is 1. The van der Waals surface area contributed by atoms with E-state index < -0.39 is 18.4 Å². The van der Waals surface area contributed by atoms with Crippen molar-refractivity contribution in [1.82, 2.24) is 0 Å². The molecule has 0 radical (unpaired) electrons. The monoisotopic (exact) mass is 440 g/mol. The van der Waals surface area contributed by atoms with Crippen LogP contribution in [0.25, 0.3) is 0 Å². The molecule has 2 heteroatoms. The fourth-order valence-corrected chi connectivity index (χ4v) is 25.4. The summed E-state index contributed by atoms with van der Waals surface area (Å²) in [7, 11) is 7.35. The second-order valence-electron chi connectivity index (χ2n) is 8.60. The molecule has 0 N–H and O–H groups in total. The molecule has 0 fully saturated rings. The average molecular weight is 439 g/mol. The van der Waals surface area contributed by atoms with Crippen molar-refractivity contribution in [2.24, 2.45) is 0 Å². The van der Waals surface area contributed by atoms with Gasteiger partial charge in [-0.2, -0.15) is 0 Å². The third-order valence-corrected chi connectivity index (χ3v) is 23.6. The Morgan fingerprint density at radius 2 is 1.17 bits per heavy atom. The molecule has 0 bridgehead atoms. The summed E-state index contributed by atoms with van der Waals surface area (Å²) in [6, 6.07) is 11.5. The predicted molar refractivity (Wildman–Crippen MR) is 112 cm³/mol. The molecule has 1 unspecified atom stereocenters. The molecule has 0 aliphatic carbocycles. The van der Waals surface area contributed by atoms with Crippen molar-refractivity contribution in [3.8, 4) is 0 Å². The summed E-state index contributed by atoms with van der Waals surface area (Å²) < 4.78 is 6.67. The fourth-order valence-electron chi connectivity index (χ4n) is 4.63. The third kappa shape index (κ3) is 6.37. The first kappa shape index (κ1) is 22.0. The first-order valence-electron chi connectivity index (χ1n) is 10.3. The van der Waals surface area contributed by atoms with Gasteiger partial charge in [0, 0.05) is 0 Å². The standard InChI is InChI=1S/C10H15N.3C4H9.Sn/c1-11(2,3)9-10-7-5-4-6-8-10;3*1-3-4-2;/h4-9H,1-3H3;3*1,3-4H2,2H3;/q+1;;;;. The van der Waals surface area contributed by atoms with E-state index in [1.54, 1.807) is 18.9 Å². The van der Waals surface area contributed by atoms with Crippen molar-refractivity contribution in [1.29, 1.82) is 0 Å². The molecule has 1 aromatic carbocycles. The molecule has 0 aliphatic heterocycles. The number of rotatable bonds is 12. The molecule has 0 amide bonds. The Morgan fingerprint density at radius 1 is 0.750 bits per heavy atom. The third-order valence-electron chi connectivity index (χ3n) is 5.55. The van der Waals surface area contributed by atoms with Gasteiger partial charge in [-0.1, -0.05) is 0 Å². The Morgan fingerprint density at radius 3 is 1.50 bits per heavy atom. The first-order valence-corrected chi connectivity index (χ1v) is 18.0. The van der Waals surface area contributed by atoms with E-state index in [4.69, 9.17) is 0 Å². The summed E-state index contributed by atoms with van der Waals surface area (Å²) in [6.07, 6.45) is 8.42. The van der Waals surface area contributed by atoms with Crippen LogP contribution in [0, 0.1) is 0 Å². The van der Waals surface area contributed by atoms with Gasteiger partial charge in [-0.05, 0) is 0 Å². The molecule has 1 nitrogen and oxygen atoms in total. The summed E-state index contributed by atoms with van der Waals surface area (Å²) in [5.74, 6) is 0. The fraction of sp³-hybridized carbons (Fsp3) is 0.727. The predicted octanol–water partition coefficient (Wildman–Crippen LogP) is 6.82. The minimum absolute atomic E-state index is 0.796. The zero-order chi connectivity index (χ0) is 18.1. The number of benzene rings is 1. The Hall–Kier alpha value is -0.0213. The summed E-state index contributed by atoms with van der Waals surface area (Å²) >= 11 is -2.33. The van der Waals surface area contributed by atoms with E-state index in [0.717, 1.165) is 8.54 Å². The second-order valence-corrected chi connectivity index (χ2v) is 22.2. The van der Waals surface area contributed by atoms with Crippen LogP contribution in [0.4, 0.5) is 0 Å². The van der Waals surface area contributed by atoms with Gasteiger partial charge < -0.3 is 0 Å². The molecule has 0 saturated heterocycles. The number of hydrogen-bond donors (Lipinski definition) is 0. The van der Waals surface area contributed by atoms with Gasteiger partial charge in [0.1, 0.15) is 0 Å². The van der Waals surface area contributed by atoms with Crippen molar-refractivity contribution in [3.63, 3.8) is 0 Å². The molecule has 1 aromatic rings. The van der Waals surface area contributed by atoms with Crippen LogP contribution >= 0.6 is 0 Å². The van der Waals surface area contributed by atoms with Crippen LogP contribution in [0.3, 0.4) is 0 Å². The van der Waals surface area contributed by atoms with E-state index in [9.17, 15) is 0 Å². The van der Waals surface area contributed by atoms with Crippen molar-refractivity contribution in [3.05, 3.63) is 35.9 Å². The normalized spacial score (nSPS) is 13.9. The topological polar surface area (TPSA) is 0 Å². The van der Waals surface area contributed by atoms with Crippen molar-refractivity contribution in [2.75, 3.05) is 21.1 Å². The zero-order valence-corrected chi connectivity index (χ0v) is 20.1. The van der Waals surface area contributed by atoms with Gasteiger partial charge >= 0.3 is 157 Å². The van der Waals surface area contributed by atoms with Crippen LogP contribution in [-0.2, 0) is 0 Å². The SMILES string of the molecule is CCC[CH2][Sn]([CH2]CCC)([CH2]CCC)[CH](c1ccccc1)[N+](C)(C)C. The van der Waals surface area contributed by atoms with Crippen LogP contribution in [-0.4, -0.2) is 44.0 Å². The Balaban J connectivity index is 3.34. The van der Waals surface area contributed by atoms with Gasteiger partial charge in [-0.3, -0.25) is 0 Å². The molecule has 0 spiro atoms. The minimum atomic E-state index is -2.33. The van der Waals surface area contributed by atoms with Crippen LogP contribution in [0.1, 0.15) is 68.9 Å². The number of hydrogen-bond acceptors (Lipinski definition) is 0. The van der Waals surface area contributed by atoms with E-state index in [2.05, 4.69) is 72.2 Å². The van der Waals surface area contributed by atoms with E-state index in [1.165, 1.54) is 38.5 Å². The summed E-state index contributed by atoms with van der Waals surface area (Å²) in [4.78, 5) is 0. The molecule has 0 saturated carbocycles. The Labute approximate surface area is 156 Å². The number of quaternary nitrogens is 1. The molecule has 0 aromatic heterocycles. The van der Waals surface area contributed by atoms with Gasteiger partial charge in [0.05, 0.1) is 0 Å². The molecular formula is C22H42NSn+. The molecule has 138 valence electrons. The quantitative estimate of drug-likeness (QED) is 0.248. The van der Waals surface area contributed by atoms with Crippen LogP contribution in [0.15, 0.2) is 30.3 Å². The van der Waals surface area contributed by atoms with E-state index in [1.807, 2.05) is 0 Å². The number of unbranched alkanes of at least 4 members (excludes halogenated alkanes) is 3. The van der Waals surface area contributed by atoms with Crippen LogP contribution in [0.5, 0.6) is 0 Å². The summed E-state index contributed by atoms with van der Waals surface area (Å²) in [5.41, 5.74) is 1.63. The van der Waals surface area contributed by atoms with Crippen molar-refractivity contribution < 1.29 is 4.48 Å². The molecule has 1 atom stereocenters. The molecule has 1 rings (SSSR count). The van der Waals surface area contributed by atoms with E-state index in [0.29, 0.717) is 0 Å². The van der Waals surface area contributed by atoms with E-state index >= 15 is 0 Å². The average Bonchev–Trinajstić information content (AvgIpc) is 2.55. The van der Waals surface area contributed by atoms with E-state index in [-0.39, 0.29) is 0 Å². The van der Waals surface area contributed by atoms with Gasteiger partial charge in [-0.15, -0.1) is 0 Å². The van der Waals surface area contributed by atoms with Crippen LogP contribution < -0.4 is 0 Å². The first-order chi connectivity index (χ1) is 11.4. The summed E-state index contributed by atoms with van der Waals surface area (Å²) in [5, 5.41) is 0. The van der Waals surface area contributed by atoms with Gasteiger partial charge in [-0.25, -0.2) is 0 Å². The molecule has 24 heavy (non-hydrogen) atoms. The molecule has 0 aliphatic rings. The van der Waals surface area contributed by atoms with Gasteiger partial charge in [0.15, 0.2) is 0 Å². The maximum absolute atomic E-state index is 2.45. The van der Waals surface area contributed by atoms with Crippen molar-refractivity contribution >= 4 is 18.4 Å².